The lowest BCUT2D eigenvalue weighted by atomic mass is 10.2. The monoisotopic (exact) mass is 343 g/mol. The highest BCUT2D eigenvalue weighted by Crippen LogP contribution is 2.22. The minimum Gasteiger partial charge on any atom is -0.496 e. The first kappa shape index (κ1) is 16.6. The maximum atomic E-state index is 13.7. The smallest absolute Gasteiger partial charge is 0.244 e. The van der Waals surface area contributed by atoms with E-state index < -0.39 is 11.6 Å². The number of methoxy groups -OCH3 is 1. The Morgan fingerprint density at radius 3 is 2.56 bits per heavy atom. The highest BCUT2D eigenvalue weighted by molar-refractivity contribution is 5.57. The average molecular weight is 343 g/mol. The van der Waals surface area contributed by atoms with E-state index in [1.54, 1.807) is 7.11 Å². The lowest BCUT2D eigenvalue weighted by Gasteiger charge is -2.10. The highest BCUT2D eigenvalue weighted by Gasteiger charge is 2.10. The molecule has 3 rings (SSSR count). The van der Waals surface area contributed by atoms with E-state index in [-0.39, 0.29) is 17.5 Å². The van der Waals surface area contributed by atoms with Gasteiger partial charge in [0, 0.05) is 12.1 Å². The first-order valence-electron chi connectivity index (χ1n) is 7.44. The molecule has 1 aromatic heterocycles. The van der Waals surface area contributed by atoms with Gasteiger partial charge >= 0.3 is 0 Å². The fraction of sp³-hybridized carbons (Fsp3) is 0.118. The van der Waals surface area contributed by atoms with E-state index in [4.69, 9.17) is 4.74 Å². The van der Waals surface area contributed by atoms with Crippen molar-refractivity contribution in [2.45, 2.75) is 6.54 Å². The number of aromatic nitrogens is 3. The molecule has 0 aliphatic carbocycles. The van der Waals surface area contributed by atoms with Crippen LogP contribution in [-0.2, 0) is 6.54 Å². The van der Waals surface area contributed by atoms with E-state index in [2.05, 4.69) is 25.8 Å². The molecule has 25 heavy (non-hydrogen) atoms. The third-order valence-corrected chi connectivity index (χ3v) is 3.40. The van der Waals surface area contributed by atoms with E-state index in [0.29, 0.717) is 6.54 Å². The number of halogens is 2. The van der Waals surface area contributed by atoms with Gasteiger partial charge in [-0.05, 0) is 18.2 Å². The molecule has 0 saturated carbocycles. The Morgan fingerprint density at radius 1 is 1.04 bits per heavy atom. The van der Waals surface area contributed by atoms with Crippen LogP contribution < -0.4 is 15.4 Å². The molecule has 6 nitrogen and oxygen atoms in total. The van der Waals surface area contributed by atoms with Gasteiger partial charge in [0.05, 0.1) is 13.3 Å². The fourth-order valence-electron chi connectivity index (χ4n) is 2.21. The molecule has 0 bridgehead atoms. The van der Waals surface area contributed by atoms with Gasteiger partial charge in [0.15, 0.2) is 5.82 Å². The maximum Gasteiger partial charge on any atom is 0.244 e. The Bertz CT molecular complexity index is 855. The molecule has 0 radical (unpaired) electrons. The summed E-state index contributed by atoms with van der Waals surface area (Å²) in [5.74, 6) is -0.330. The number of nitrogens with one attached hydrogen (secondary N) is 2. The molecule has 2 aromatic carbocycles. The quantitative estimate of drug-likeness (QED) is 0.714. The normalized spacial score (nSPS) is 10.4. The second-order valence-electron chi connectivity index (χ2n) is 5.05. The minimum atomic E-state index is -0.720. The third kappa shape index (κ3) is 3.97. The van der Waals surface area contributed by atoms with Crippen molar-refractivity contribution in [1.29, 1.82) is 0 Å². The Labute approximate surface area is 142 Å². The van der Waals surface area contributed by atoms with Crippen molar-refractivity contribution >= 4 is 17.5 Å². The van der Waals surface area contributed by atoms with Crippen LogP contribution >= 0.6 is 0 Å². The Balaban J connectivity index is 1.73. The third-order valence-electron chi connectivity index (χ3n) is 3.40. The maximum absolute atomic E-state index is 13.7. The number of rotatable bonds is 6. The van der Waals surface area contributed by atoms with Gasteiger partial charge in [0.25, 0.3) is 0 Å². The molecular formula is C17H15F2N5O. The van der Waals surface area contributed by atoms with Gasteiger partial charge in [-0.1, -0.05) is 24.3 Å². The van der Waals surface area contributed by atoms with Crippen LogP contribution in [0.2, 0.25) is 0 Å². The number of anilines is 3. The first-order chi connectivity index (χ1) is 12.2. The number of para-hydroxylation sites is 2. The van der Waals surface area contributed by atoms with Crippen LogP contribution in [0.5, 0.6) is 5.75 Å². The summed E-state index contributed by atoms with van der Waals surface area (Å²) in [7, 11) is 1.59. The minimum absolute atomic E-state index is 0.168. The Kier molecular flexibility index (Phi) is 4.98. The van der Waals surface area contributed by atoms with Crippen molar-refractivity contribution in [1.82, 2.24) is 15.2 Å². The summed E-state index contributed by atoms with van der Waals surface area (Å²) < 4.78 is 32.7. The summed E-state index contributed by atoms with van der Waals surface area (Å²) in [4.78, 5) is 4.15. The molecule has 2 N–H and O–H groups in total. The van der Waals surface area contributed by atoms with Crippen LogP contribution in [0, 0.1) is 11.6 Å². The number of nitrogens with zero attached hydrogens (tertiary/aromatic N) is 3. The predicted octanol–water partition coefficient (Wildman–Crippen LogP) is 3.51. The fourth-order valence-corrected chi connectivity index (χ4v) is 2.21. The molecule has 0 spiro atoms. The second kappa shape index (κ2) is 7.52. The summed E-state index contributed by atoms with van der Waals surface area (Å²) in [5, 5.41) is 13.2. The van der Waals surface area contributed by atoms with Gasteiger partial charge in [-0.2, -0.15) is 10.1 Å². The Morgan fingerprint density at radius 2 is 1.80 bits per heavy atom. The van der Waals surface area contributed by atoms with E-state index >= 15 is 0 Å². The van der Waals surface area contributed by atoms with Crippen LogP contribution in [0.25, 0.3) is 0 Å². The van der Waals surface area contributed by atoms with Crippen LogP contribution in [0.15, 0.2) is 48.7 Å². The average Bonchev–Trinajstić information content (AvgIpc) is 2.64. The lowest BCUT2D eigenvalue weighted by Crippen LogP contribution is -2.08. The number of ether oxygens (including phenoxy) is 1. The van der Waals surface area contributed by atoms with E-state index in [0.717, 1.165) is 23.4 Å². The molecule has 0 amide bonds. The predicted molar refractivity (Wildman–Crippen MR) is 89.8 cm³/mol. The topological polar surface area (TPSA) is 72.0 Å². The van der Waals surface area contributed by atoms with Crippen molar-refractivity contribution in [3.8, 4) is 5.75 Å². The van der Waals surface area contributed by atoms with Crippen molar-refractivity contribution in [3.63, 3.8) is 0 Å². The van der Waals surface area contributed by atoms with Crippen LogP contribution in [0.3, 0.4) is 0 Å². The van der Waals surface area contributed by atoms with Crippen molar-refractivity contribution < 1.29 is 13.5 Å². The van der Waals surface area contributed by atoms with Crippen molar-refractivity contribution in [2.75, 3.05) is 17.7 Å². The summed E-state index contributed by atoms with van der Waals surface area (Å²) in [6, 6.07) is 11.1. The molecule has 8 heteroatoms. The van der Waals surface area contributed by atoms with Crippen LogP contribution in [-0.4, -0.2) is 22.3 Å². The summed E-state index contributed by atoms with van der Waals surface area (Å²) in [6.07, 6.45) is 1.28. The summed E-state index contributed by atoms with van der Waals surface area (Å²) in [5.41, 5.74) is 0.616. The number of hydrogen-bond donors (Lipinski definition) is 2. The van der Waals surface area contributed by atoms with Gasteiger partial charge in [-0.15, -0.1) is 5.10 Å². The largest absolute Gasteiger partial charge is 0.496 e. The van der Waals surface area contributed by atoms with E-state index in [1.807, 2.05) is 24.3 Å². The zero-order valence-corrected chi connectivity index (χ0v) is 13.3. The molecule has 1 heterocycles. The molecule has 0 aliphatic heterocycles. The van der Waals surface area contributed by atoms with Crippen molar-refractivity contribution in [2.24, 2.45) is 0 Å². The molecule has 3 aromatic rings. The van der Waals surface area contributed by atoms with Crippen LogP contribution in [0.1, 0.15) is 5.56 Å². The zero-order valence-electron chi connectivity index (χ0n) is 13.3. The SMILES string of the molecule is COc1ccccc1CNc1nncc(Nc2c(F)cccc2F)n1. The van der Waals surface area contributed by atoms with Gasteiger partial charge in [-0.3, -0.25) is 0 Å². The van der Waals surface area contributed by atoms with E-state index in [1.165, 1.54) is 12.3 Å². The summed E-state index contributed by atoms with van der Waals surface area (Å²) in [6.45, 7) is 0.406. The molecule has 0 fully saturated rings. The molecule has 0 unspecified atom stereocenters. The van der Waals surface area contributed by atoms with E-state index in [9.17, 15) is 8.78 Å². The molecule has 128 valence electrons. The molecule has 0 saturated heterocycles. The second-order valence-corrected chi connectivity index (χ2v) is 5.05. The highest BCUT2D eigenvalue weighted by atomic mass is 19.1. The first-order valence-corrected chi connectivity index (χ1v) is 7.44. The van der Waals surface area contributed by atoms with Gasteiger partial charge in [0.1, 0.15) is 23.1 Å². The van der Waals surface area contributed by atoms with Crippen LogP contribution in [0.4, 0.5) is 26.2 Å². The Hall–Kier alpha value is -3.29. The summed E-state index contributed by atoms with van der Waals surface area (Å²) >= 11 is 0. The molecule has 0 atom stereocenters. The number of benzene rings is 2. The molecule has 0 aliphatic rings. The zero-order chi connectivity index (χ0) is 17.6. The number of hydrogen-bond acceptors (Lipinski definition) is 6. The van der Waals surface area contributed by atoms with Gasteiger partial charge in [-0.25, -0.2) is 8.78 Å². The lowest BCUT2D eigenvalue weighted by molar-refractivity contribution is 0.410. The molecular weight excluding hydrogens is 328 g/mol. The van der Waals surface area contributed by atoms with Gasteiger partial charge in [0.2, 0.25) is 5.95 Å². The van der Waals surface area contributed by atoms with Crippen molar-refractivity contribution in [3.05, 3.63) is 65.9 Å². The standard InChI is InChI=1S/C17H15F2N5O/c1-25-14-8-3-2-5-11(14)9-20-17-23-15(10-21-24-17)22-16-12(18)6-4-7-13(16)19/h2-8,10H,9H2,1H3,(H2,20,22,23,24). The van der Waals surface area contributed by atoms with Gasteiger partial charge < -0.3 is 15.4 Å².